The lowest BCUT2D eigenvalue weighted by atomic mass is 9.72. The number of Topliss-reactive ketones (excluding diaryl/α,β-unsaturated/α-hetero) is 1. The molecular weight excluding hydrogens is 456 g/mol. The van der Waals surface area contributed by atoms with Gasteiger partial charge in [-0.3, -0.25) is 4.79 Å². The number of nitrogens with zero attached hydrogens (tertiary/aromatic N) is 1. The van der Waals surface area contributed by atoms with E-state index in [-0.39, 0.29) is 17.6 Å². The van der Waals surface area contributed by atoms with Gasteiger partial charge in [0.1, 0.15) is 12.4 Å². The van der Waals surface area contributed by atoms with Crippen LogP contribution in [0.15, 0.2) is 101 Å². The second-order valence-corrected chi connectivity index (χ2v) is 9.46. The Morgan fingerprint density at radius 2 is 1.66 bits per heavy atom. The third kappa shape index (κ3) is 4.73. The van der Waals surface area contributed by atoms with Gasteiger partial charge in [-0.1, -0.05) is 66.2 Å². The van der Waals surface area contributed by atoms with E-state index in [9.17, 15) is 10.1 Å². The highest BCUT2D eigenvalue weighted by molar-refractivity contribution is 6.30. The van der Waals surface area contributed by atoms with Gasteiger partial charge in [0.25, 0.3) is 0 Å². The molecule has 35 heavy (non-hydrogen) atoms. The number of nitriles is 1. The van der Waals surface area contributed by atoms with Crippen LogP contribution in [0, 0.1) is 11.3 Å². The molecule has 0 amide bonds. The SMILES string of the molecule is CC1=C(C#N)[C@@H](c2ccc(OCc3ccccc3)cc2)C2=C(C[C@@H](c3ccc(Cl)cc3)CC2=O)N1. The molecular formula is C30H25ClN2O2. The maximum absolute atomic E-state index is 13.5. The minimum Gasteiger partial charge on any atom is -0.489 e. The smallest absolute Gasteiger partial charge is 0.162 e. The van der Waals surface area contributed by atoms with Crippen molar-refractivity contribution in [1.82, 2.24) is 5.32 Å². The zero-order valence-electron chi connectivity index (χ0n) is 19.4. The van der Waals surface area contributed by atoms with Crippen LogP contribution in [-0.4, -0.2) is 5.78 Å². The number of ketones is 1. The number of benzene rings is 3. The van der Waals surface area contributed by atoms with E-state index in [0.29, 0.717) is 35.6 Å². The van der Waals surface area contributed by atoms with Gasteiger partial charge in [-0.05, 0) is 60.2 Å². The lowest BCUT2D eigenvalue weighted by molar-refractivity contribution is -0.116. The van der Waals surface area contributed by atoms with Crippen LogP contribution in [-0.2, 0) is 11.4 Å². The van der Waals surface area contributed by atoms with E-state index in [1.807, 2.05) is 85.8 Å². The molecule has 0 spiro atoms. The Morgan fingerprint density at radius 1 is 0.971 bits per heavy atom. The van der Waals surface area contributed by atoms with E-state index in [2.05, 4.69) is 11.4 Å². The molecule has 4 nitrogen and oxygen atoms in total. The number of ether oxygens (including phenoxy) is 1. The highest BCUT2D eigenvalue weighted by Crippen LogP contribution is 2.45. The van der Waals surface area contributed by atoms with Crippen molar-refractivity contribution in [2.75, 3.05) is 0 Å². The molecule has 0 saturated heterocycles. The minimum absolute atomic E-state index is 0.0772. The van der Waals surface area contributed by atoms with Gasteiger partial charge >= 0.3 is 0 Å². The number of allylic oxidation sites excluding steroid dienone is 4. The zero-order valence-corrected chi connectivity index (χ0v) is 20.2. The quantitative estimate of drug-likeness (QED) is 0.436. The summed E-state index contributed by atoms with van der Waals surface area (Å²) in [5, 5.41) is 14.0. The Kier molecular flexibility index (Phi) is 6.44. The number of nitrogens with one attached hydrogen (secondary N) is 1. The maximum Gasteiger partial charge on any atom is 0.162 e. The maximum atomic E-state index is 13.5. The van der Waals surface area contributed by atoms with Gasteiger partial charge in [0, 0.05) is 28.4 Å². The van der Waals surface area contributed by atoms with Crippen molar-refractivity contribution in [3.63, 3.8) is 0 Å². The van der Waals surface area contributed by atoms with Crippen LogP contribution in [0.3, 0.4) is 0 Å². The highest BCUT2D eigenvalue weighted by Gasteiger charge is 2.38. The molecule has 3 aromatic rings. The lowest BCUT2D eigenvalue weighted by Crippen LogP contribution is -2.33. The highest BCUT2D eigenvalue weighted by atomic mass is 35.5. The molecule has 0 unspecified atom stereocenters. The molecule has 0 bridgehead atoms. The van der Waals surface area contributed by atoms with Gasteiger partial charge in [-0.2, -0.15) is 5.26 Å². The van der Waals surface area contributed by atoms with E-state index in [0.717, 1.165) is 33.8 Å². The summed E-state index contributed by atoms with van der Waals surface area (Å²) in [5.74, 6) is 0.529. The number of carbonyl (C=O) groups is 1. The molecule has 1 N–H and O–H groups in total. The Bertz CT molecular complexity index is 1350. The summed E-state index contributed by atoms with van der Waals surface area (Å²) < 4.78 is 5.93. The molecule has 2 aliphatic rings. The number of hydrogen-bond acceptors (Lipinski definition) is 4. The average Bonchev–Trinajstić information content (AvgIpc) is 2.88. The normalized spacial score (nSPS) is 19.6. The van der Waals surface area contributed by atoms with E-state index in [4.69, 9.17) is 16.3 Å². The molecule has 3 aromatic carbocycles. The van der Waals surface area contributed by atoms with E-state index in [1.54, 1.807) is 0 Å². The van der Waals surface area contributed by atoms with E-state index < -0.39 is 0 Å². The fourth-order valence-electron chi connectivity index (χ4n) is 4.99. The summed E-state index contributed by atoms with van der Waals surface area (Å²) in [6, 6.07) is 27.8. The van der Waals surface area contributed by atoms with Crippen LogP contribution in [0.25, 0.3) is 0 Å². The summed E-state index contributed by atoms with van der Waals surface area (Å²) in [4.78, 5) is 13.5. The Morgan fingerprint density at radius 3 is 2.34 bits per heavy atom. The first kappa shape index (κ1) is 23.0. The van der Waals surface area contributed by atoms with Crippen molar-refractivity contribution in [3.05, 3.63) is 123 Å². The van der Waals surface area contributed by atoms with Crippen LogP contribution in [0.1, 0.15) is 48.3 Å². The topological polar surface area (TPSA) is 62.1 Å². The molecule has 174 valence electrons. The molecule has 1 heterocycles. The largest absolute Gasteiger partial charge is 0.489 e. The van der Waals surface area contributed by atoms with Gasteiger partial charge in [-0.15, -0.1) is 0 Å². The predicted molar refractivity (Wildman–Crippen MR) is 137 cm³/mol. The van der Waals surface area contributed by atoms with Crippen LogP contribution < -0.4 is 10.1 Å². The van der Waals surface area contributed by atoms with Crippen LogP contribution >= 0.6 is 11.6 Å². The van der Waals surface area contributed by atoms with Gasteiger partial charge in [0.15, 0.2) is 5.78 Å². The molecule has 5 rings (SSSR count). The second kappa shape index (κ2) is 9.82. The first-order valence-corrected chi connectivity index (χ1v) is 12.1. The van der Waals surface area contributed by atoms with Gasteiger partial charge < -0.3 is 10.1 Å². The fourth-order valence-corrected chi connectivity index (χ4v) is 5.11. The first-order valence-electron chi connectivity index (χ1n) is 11.7. The molecule has 0 radical (unpaired) electrons. The molecule has 1 aliphatic carbocycles. The van der Waals surface area contributed by atoms with Gasteiger partial charge in [0.05, 0.1) is 17.6 Å². The predicted octanol–water partition coefficient (Wildman–Crippen LogP) is 6.80. The van der Waals surface area contributed by atoms with Crippen molar-refractivity contribution in [2.24, 2.45) is 0 Å². The lowest BCUT2D eigenvalue weighted by Gasteiger charge is -2.35. The van der Waals surface area contributed by atoms with Crippen LogP contribution in [0.2, 0.25) is 5.02 Å². The van der Waals surface area contributed by atoms with Crippen molar-refractivity contribution >= 4 is 17.4 Å². The molecule has 5 heteroatoms. The number of rotatable bonds is 5. The summed E-state index contributed by atoms with van der Waals surface area (Å²) >= 11 is 6.06. The Labute approximate surface area is 210 Å². The van der Waals surface area contributed by atoms with Crippen molar-refractivity contribution < 1.29 is 9.53 Å². The van der Waals surface area contributed by atoms with Gasteiger partial charge in [0.2, 0.25) is 0 Å². The first-order chi connectivity index (χ1) is 17.0. The third-order valence-electron chi connectivity index (χ3n) is 6.75. The summed E-state index contributed by atoms with van der Waals surface area (Å²) in [6.07, 6.45) is 1.13. The summed E-state index contributed by atoms with van der Waals surface area (Å²) in [6.45, 7) is 2.39. The fraction of sp³-hybridized carbons (Fsp3) is 0.200. The van der Waals surface area contributed by atoms with Crippen molar-refractivity contribution in [2.45, 2.75) is 38.2 Å². The average molecular weight is 481 g/mol. The number of dihydropyridines is 1. The second-order valence-electron chi connectivity index (χ2n) is 9.02. The molecule has 0 saturated carbocycles. The van der Waals surface area contributed by atoms with Crippen molar-refractivity contribution in [1.29, 1.82) is 5.26 Å². The van der Waals surface area contributed by atoms with Gasteiger partial charge in [-0.25, -0.2) is 0 Å². The minimum atomic E-state index is -0.377. The van der Waals surface area contributed by atoms with Crippen LogP contribution in [0.4, 0.5) is 0 Å². The molecule has 1 aliphatic heterocycles. The molecule has 0 fully saturated rings. The molecule has 0 aromatic heterocycles. The van der Waals surface area contributed by atoms with E-state index in [1.165, 1.54) is 0 Å². The summed E-state index contributed by atoms with van der Waals surface area (Å²) in [5.41, 5.74) is 6.10. The monoisotopic (exact) mass is 480 g/mol. The zero-order chi connectivity index (χ0) is 24.4. The number of hydrogen-bond donors (Lipinski definition) is 1. The number of halogens is 1. The summed E-state index contributed by atoms with van der Waals surface area (Å²) in [7, 11) is 0. The van der Waals surface area contributed by atoms with E-state index >= 15 is 0 Å². The molecule has 2 atom stereocenters. The standard InChI is InChI=1S/C30H25ClN2O2/c1-19-26(17-32)29(22-9-13-25(14-10-22)35-18-20-5-3-2-4-6-20)30-27(33-19)15-23(16-28(30)34)21-7-11-24(31)12-8-21/h2-14,23,29,33H,15-16,18H2,1H3/t23-,29-/m1/s1. The van der Waals surface area contributed by atoms with Crippen LogP contribution in [0.5, 0.6) is 5.75 Å². The van der Waals surface area contributed by atoms with Crippen molar-refractivity contribution in [3.8, 4) is 11.8 Å². The number of carbonyl (C=O) groups excluding carboxylic acids is 1. The Hall–Kier alpha value is -3.81. The Balaban J connectivity index is 1.42. The third-order valence-corrected chi connectivity index (χ3v) is 7.00.